The summed E-state index contributed by atoms with van der Waals surface area (Å²) >= 11 is 3.30. The predicted octanol–water partition coefficient (Wildman–Crippen LogP) is 2.37. The molecule has 0 unspecified atom stereocenters. The zero-order valence-electron chi connectivity index (χ0n) is 8.43. The number of alkyl halides is 1. The Morgan fingerprint density at radius 2 is 1.77 bits per heavy atom. The molecule has 78 valence electrons. The lowest BCUT2D eigenvalue weighted by molar-refractivity contribution is 0.458. The zero-order valence-corrected chi connectivity index (χ0v) is 10.8. The second kappa shape index (κ2) is 3.23. The molecule has 1 aliphatic carbocycles. The van der Waals surface area contributed by atoms with Gasteiger partial charge in [0.15, 0.2) is 9.84 Å². The van der Waals surface area contributed by atoms with Crippen LogP contribution < -0.4 is 0 Å². The Labute approximate surface area is 89.1 Å². The summed E-state index contributed by atoms with van der Waals surface area (Å²) in [5, 5.41) is 0.596. The lowest BCUT2D eigenvalue weighted by atomic mass is 10.0. The Morgan fingerprint density at radius 1 is 1.31 bits per heavy atom. The average Bonchev–Trinajstić information content (AvgIpc) is 2.59. The van der Waals surface area contributed by atoms with E-state index in [2.05, 4.69) is 15.9 Å². The summed E-state index contributed by atoms with van der Waals surface area (Å²) in [7, 11) is -2.90. The van der Waals surface area contributed by atoms with Crippen LogP contribution in [0, 0.1) is 5.41 Å². The summed E-state index contributed by atoms with van der Waals surface area (Å²) in [6.45, 7) is 5.90. The maximum Gasteiger partial charge on any atom is 0.157 e. The van der Waals surface area contributed by atoms with Crippen LogP contribution in [-0.2, 0) is 9.84 Å². The Balaban J connectivity index is 2.79. The minimum Gasteiger partial charge on any atom is -0.228 e. The van der Waals surface area contributed by atoms with Gasteiger partial charge in [0.05, 0.1) is 10.5 Å². The van der Waals surface area contributed by atoms with Gasteiger partial charge in [-0.3, -0.25) is 0 Å². The molecule has 0 radical (unpaired) electrons. The molecule has 1 rings (SSSR count). The summed E-state index contributed by atoms with van der Waals surface area (Å²) < 4.78 is 23.4. The molecule has 13 heavy (non-hydrogen) atoms. The van der Waals surface area contributed by atoms with Crippen LogP contribution in [0.1, 0.15) is 33.6 Å². The largest absolute Gasteiger partial charge is 0.228 e. The number of hydrogen-bond acceptors (Lipinski definition) is 2. The highest BCUT2D eigenvalue weighted by Crippen LogP contribution is 2.46. The molecule has 1 saturated carbocycles. The van der Waals surface area contributed by atoms with Crippen molar-refractivity contribution in [1.82, 2.24) is 0 Å². The molecule has 0 atom stereocenters. The number of halogens is 1. The molecule has 4 heteroatoms. The molecule has 2 nitrogen and oxygen atoms in total. The molecule has 0 aromatic heterocycles. The van der Waals surface area contributed by atoms with Crippen molar-refractivity contribution in [2.45, 2.75) is 38.4 Å². The molecule has 0 heterocycles. The molecule has 0 saturated heterocycles. The standard InChI is InChI=1S/C9H17BrO2S/c1-8(2,3)7-13(11,12)9(6-10)4-5-9/h4-7H2,1-3H3. The highest BCUT2D eigenvalue weighted by atomic mass is 79.9. The van der Waals surface area contributed by atoms with E-state index in [1.165, 1.54) is 0 Å². The van der Waals surface area contributed by atoms with E-state index < -0.39 is 14.6 Å². The van der Waals surface area contributed by atoms with E-state index in [0.29, 0.717) is 11.1 Å². The van der Waals surface area contributed by atoms with Crippen molar-refractivity contribution in [3.8, 4) is 0 Å². The van der Waals surface area contributed by atoms with E-state index in [9.17, 15) is 8.42 Å². The first-order chi connectivity index (χ1) is 5.72. The van der Waals surface area contributed by atoms with Crippen LogP contribution in [0.25, 0.3) is 0 Å². The van der Waals surface area contributed by atoms with Crippen molar-refractivity contribution >= 4 is 25.8 Å². The van der Waals surface area contributed by atoms with Crippen molar-refractivity contribution in [2.24, 2.45) is 5.41 Å². The van der Waals surface area contributed by atoms with E-state index in [4.69, 9.17) is 0 Å². The third kappa shape index (κ3) is 2.46. The molecule has 0 aromatic carbocycles. The van der Waals surface area contributed by atoms with E-state index >= 15 is 0 Å². The SMILES string of the molecule is CC(C)(C)CS(=O)(=O)C1(CBr)CC1. The van der Waals surface area contributed by atoms with Crippen LogP contribution in [0.2, 0.25) is 0 Å². The van der Waals surface area contributed by atoms with Gasteiger partial charge < -0.3 is 0 Å². The third-order valence-electron chi connectivity index (χ3n) is 2.33. The van der Waals surface area contributed by atoms with Crippen LogP contribution in [0.15, 0.2) is 0 Å². The monoisotopic (exact) mass is 268 g/mol. The first-order valence-electron chi connectivity index (χ1n) is 4.51. The van der Waals surface area contributed by atoms with Crippen molar-refractivity contribution in [3.63, 3.8) is 0 Å². The molecular weight excluding hydrogens is 252 g/mol. The van der Waals surface area contributed by atoms with Crippen LogP contribution >= 0.6 is 15.9 Å². The summed E-state index contributed by atoms with van der Waals surface area (Å²) in [5.74, 6) is 0.297. The normalized spacial score (nSPS) is 21.5. The fourth-order valence-corrected chi connectivity index (χ4v) is 5.33. The Hall–Kier alpha value is 0.430. The molecule has 0 aromatic rings. The number of hydrogen-bond donors (Lipinski definition) is 0. The fraction of sp³-hybridized carbons (Fsp3) is 1.00. The average molecular weight is 269 g/mol. The van der Waals surface area contributed by atoms with Crippen molar-refractivity contribution in [1.29, 1.82) is 0 Å². The molecule has 0 amide bonds. The van der Waals surface area contributed by atoms with Gasteiger partial charge >= 0.3 is 0 Å². The van der Waals surface area contributed by atoms with Crippen molar-refractivity contribution < 1.29 is 8.42 Å². The Kier molecular flexibility index (Phi) is 2.86. The summed E-state index contributed by atoms with van der Waals surface area (Å²) in [5.41, 5.74) is -0.128. The van der Waals surface area contributed by atoms with Crippen LogP contribution in [0.3, 0.4) is 0 Å². The summed E-state index contributed by atoms with van der Waals surface area (Å²) in [6.07, 6.45) is 1.66. The lowest BCUT2D eigenvalue weighted by Gasteiger charge is -2.22. The van der Waals surface area contributed by atoms with Gasteiger partial charge in [-0.2, -0.15) is 0 Å². The van der Waals surface area contributed by atoms with Gasteiger partial charge in [-0.25, -0.2) is 8.42 Å². The molecular formula is C9H17BrO2S. The summed E-state index contributed by atoms with van der Waals surface area (Å²) in [6, 6.07) is 0. The second-order valence-electron chi connectivity index (χ2n) is 5.14. The highest BCUT2D eigenvalue weighted by Gasteiger charge is 2.53. The smallest absolute Gasteiger partial charge is 0.157 e. The van der Waals surface area contributed by atoms with E-state index in [1.807, 2.05) is 20.8 Å². The minimum absolute atomic E-state index is 0.128. The van der Waals surface area contributed by atoms with E-state index in [-0.39, 0.29) is 5.41 Å². The number of rotatable bonds is 3. The summed E-state index contributed by atoms with van der Waals surface area (Å²) in [4.78, 5) is 0. The molecule has 0 N–H and O–H groups in total. The second-order valence-corrected chi connectivity index (χ2v) is 8.08. The van der Waals surface area contributed by atoms with Crippen molar-refractivity contribution in [3.05, 3.63) is 0 Å². The van der Waals surface area contributed by atoms with Gasteiger partial charge in [0.1, 0.15) is 0 Å². The van der Waals surface area contributed by atoms with Crippen LogP contribution in [0.5, 0.6) is 0 Å². The maximum atomic E-state index is 11.9. The zero-order chi connectivity index (χ0) is 10.3. The first kappa shape index (κ1) is 11.5. The predicted molar refractivity (Wildman–Crippen MR) is 59.0 cm³/mol. The molecule has 1 fully saturated rings. The molecule has 0 spiro atoms. The number of sulfone groups is 1. The quantitative estimate of drug-likeness (QED) is 0.737. The van der Waals surface area contributed by atoms with Gasteiger partial charge in [0.2, 0.25) is 0 Å². The Bertz CT molecular complexity index is 283. The van der Waals surface area contributed by atoms with Crippen LogP contribution in [-0.4, -0.2) is 24.2 Å². The maximum absolute atomic E-state index is 11.9. The van der Waals surface area contributed by atoms with Crippen molar-refractivity contribution in [2.75, 3.05) is 11.1 Å². The first-order valence-corrected chi connectivity index (χ1v) is 7.28. The minimum atomic E-state index is -2.90. The van der Waals surface area contributed by atoms with E-state index in [1.54, 1.807) is 0 Å². The highest BCUT2D eigenvalue weighted by molar-refractivity contribution is 9.09. The molecule has 1 aliphatic rings. The topological polar surface area (TPSA) is 34.1 Å². The molecule has 0 aliphatic heterocycles. The van der Waals surface area contributed by atoms with Gasteiger partial charge in [-0.1, -0.05) is 36.7 Å². The van der Waals surface area contributed by atoms with Gasteiger partial charge in [0, 0.05) is 5.33 Å². The lowest BCUT2D eigenvalue weighted by Crippen LogP contribution is -2.33. The van der Waals surface area contributed by atoms with Gasteiger partial charge in [0.25, 0.3) is 0 Å². The molecule has 0 bridgehead atoms. The van der Waals surface area contributed by atoms with Gasteiger partial charge in [-0.05, 0) is 18.3 Å². The third-order valence-corrected chi connectivity index (χ3v) is 6.90. The fourth-order valence-electron chi connectivity index (χ4n) is 1.39. The Morgan fingerprint density at radius 3 is 2.00 bits per heavy atom. The van der Waals surface area contributed by atoms with Crippen LogP contribution in [0.4, 0.5) is 0 Å². The van der Waals surface area contributed by atoms with E-state index in [0.717, 1.165) is 12.8 Å². The van der Waals surface area contributed by atoms with Gasteiger partial charge in [-0.15, -0.1) is 0 Å².